The number of rotatable bonds is 4. The van der Waals surface area contributed by atoms with Crippen molar-refractivity contribution < 1.29 is 18.7 Å². The number of benzene rings is 2. The summed E-state index contributed by atoms with van der Waals surface area (Å²) >= 11 is 6.08. The summed E-state index contributed by atoms with van der Waals surface area (Å²) < 4.78 is 19.8. The molecule has 0 aliphatic carbocycles. The van der Waals surface area contributed by atoms with Crippen molar-refractivity contribution in [1.29, 1.82) is 0 Å². The van der Waals surface area contributed by atoms with Gasteiger partial charge in [0.25, 0.3) is 11.8 Å². The number of carbonyl (C=O) groups excluding carboxylic acids is 2. The number of fused-ring (bicyclic) bond motifs is 1. The zero-order chi connectivity index (χ0) is 25.4. The van der Waals surface area contributed by atoms with Crippen LogP contribution in [0.1, 0.15) is 18.9 Å². The van der Waals surface area contributed by atoms with Crippen molar-refractivity contribution in [3.05, 3.63) is 65.1 Å². The van der Waals surface area contributed by atoms with Gasteiger partial charge in [0.05, 0.1) is 11.2 Å². The van der Waals surface area contributed by atoms with Crippen LogP contribution in [0, 0.1) is 23.6 Å². The van der Waals surface area contributed by atoms with Crippen LogP contribution in [0.5, 0.6) is 11.5 Å². The van der Waals surface area contributed by atoms with E-state index in [1.165, 1.54) is 12.1 Å². The quantitative estimate of drug-likeness (QED) is 0.548. The molecular weight excluding hydrogens is 485 g/mol. The van der Waals surface area contributed by atoms with Crippen LogP contribution in [0.3, 0.4) is 0 Å². The van der Waals surface area contributed by atoms with Gasteiger partial charge in [-0.05, 0) is 54.7 Å². The highest BCUT2D eigenvalue weighted by atomic mass is 35.5. The number of nitrogens with zero attached hydrogens (tertiary/aromatic N) is 2. The van der Waals surface area contributed by atoms with Gasteiger partial charge in [-0.25, -0.2) is 9.82 Å². The number of nitrogens with one attached hydrogen (secondary N) is 2. The predicted octanol–water partition coefficient (Wildman–Crippen LogP) is 2.46. The second kappa shape index (κ2) is 9.82. The van der Waals surface area contributed by atoms with Crippen molar-refractivity contribution in [1.82, 2.24) is 20.7 Å². The monoisotopic (exact) mass is 509 g/mol. The summed E-state index contributed by atoms with van der Waals surface area (Å²) in [5.41, 5.74) is 13.7. The van der Waals surface area contributed by atoms with Gasteiger partial charge >= 0.3 is 0 Å². The normalized spacial score (nSPS) is 25.0. The maximum Gasteiger partial charge on any atom is 0.298 e. The van der Waals surface area contributed by atoms with Gasteiger partial charge < -0.3 is 20.3 Å². The SMILES string of the molecule is CC#CC(=O)N1CC[C@@H](N2C=C(c3ccc(Oc4c(F)cccc4Cl)cc3)C3C(N)NNC(=O)C32)C1. The number of hydrogen-bond donors (Lipinski definition) is 3. The number of nitrogens with two attached hydrogens (primary N) is 1. The van der Waals surface area contributed by atoms with Crippen LogP contribution in [0.25, 0.3) is 5.57 Å². The fourth-order valence-corrected chi connectivity index (χ4v) is 5.26. The molecule has 2 amide bonds. The van der Waals surface area contributed by atoms with Gasteiger partial charge in [-0.1, -0.05) is 35.7 Å². The molecule has 4 N–H and O–H groups in total. The molecule has 36 heavy (non-hydrogen) atoms. The zero-order valence-electron chi connectivity index (χ0n) is 19.5. The molecule has 0 radical (unpaired) electrons. The number of para-hydroxylation sites is 1. The lowest BCUT2D eigenvalue weighted by atomic mass is 9.86. The molecule has 0 aromatic heterocycles. The molecule has 0 bridgehead atoms. The van der Waals surface area contributed by atoms with Gasteiger partial charge in [0, 0.05) is 31.2 Å². The number of likely N-dealkylation sites (tertiary alicyclic amines) is 1. The average Bonchev–Trinajstić information content (AvgIpc) is 3.51. The molecule has 2 fully saturated rings. The number of carbonyl (C=O) groups is 2. The van der Waals surface area contributed by atoms with Crippen molar-refractivity contribution in [3.8, 4) is 23.3 Å². The maximum atomic E-state index is 14.1. The van der Waals surface area contributed by atoms with Crippen molar-refractivity contribution in [2.45, 2.75) is 31.6 Å². The van der Waals surface area contributed by atoms with Gasteiger partial charge in [0.2, 0.25) is 0 Å². The lowest BCUT2D eigenvalue weighted by Gasteiger charge is -2.39. The molecule has 3 heterocycles. The molecule has 10 heteroatoms. The molecule has 3 unspecified atom stereocenters. The summed E-state index contributed by atoms with van der Waals surface area (Å²) in [6.45, 7) is 2.69. The lowest BCUT2D eigenvalue weighted by molar-refractivity contribution is -0.131. The Hall–Kier alpha value is -3.58. The Kier molecular flexibility index (Phi) is 6.58. The Bertz CT molecular complexity index is 1270. The number of halogens is 2. The first-order valence-corrected chi connectivity index (χ1v) is 12.0. The van der Waals surface area contributed by atoms with Crippen molar-refractivity contribution in [2.24, 2.45) is 11.7 Å². The number of ether oxygens (including phenoxy) is 1. The second-order valence-electron chi connectivity index (χ2n) is 8.91. The van der Waals surface area contributed by atoms with Crippen LogP contribution in [0.2, 0.25) is 5.02 Å². The first kappa shape index (κ1) is 24.1. The minimum atomic E-state index is -0.553. The van der Waals surface area contributed by atoms with Crippen LogP contribution in [0.15, 0.2) is 48.7 Å². The Morgan fingerprint density at radius 1 is 1.25 bits per heavy atom. The fraction of sp³-hybridized carbons (Fsp3) is 0.308. The third-order valence-electron chi connectivity index (χ3n) is 6.76. The van der Waals surface area contributed by atoms with Crippen LogP contribution >= 0.6 is 11.6 Å². The van der Waals surface area contributed by atoms with E-state index in [-0.39, 0.29) is 34.5 Å². The molecule has 3 aliphatic heterocycles. The summed E-state index contributed by atoms with van der Waals surface area (Å²) in [5.74, 6) is 4.35. The van der Waals surface area contributed by atoms with Crippen LogP contribution in [0.4, 0.5) is 4.39 Å². The molecule has 4 atom stereocenters. The summed E-state index contributed by atoms with van der Waals surface area (Å²) in [6, 6.07) is 10.9. The van der Waals surface area contributed by atoms with Crippen molar-refractivity contribution in [2.75, 3.05) is 13.1 Å². The van der Waals surface area contributed by atoms with Gasteiger partial charge in [0.15, 0.2) is 11.6 Å². The van der Waals surface area contributed by atoms with Crippen LogP contribution < -0.4 is 21.3 Å². The molecule has 186 valence electrons. The lowest BCUT2D eigenvalue weighted by Crippen LogP contribution is -2.67. The summed E-state index contributed by atoms with van der Waals surface area (Å²) in [4.78, 5) is 28.9. The molecule has 8 nitrogen and oxygen atoms in total. The van der Waals surface area contributed by atoms with E-state index >= 15 is 0 Å². The molecular formula is C26H25ClFN5O3. The summed E-state index contributed by atoms with van der Waals surface area (Å²) in [7, 11) is 0. The van der Waals surface area contributed by atoms with Gasteiger partial charge in [-0.2, -0.15) is 0 Å². The predicted molar refractivity (Wildman–Crippen MR) is 133 cm³/mol. The minimum absolute atomic E-state index is 0.0403. The Labute approximate surface area is 213 Å². The smallest absolute Gasteiger partial charge is 0.298 e. The number of hydrazine groups is 1. The van der Waals surface area contributed by atoms with E-state index in [1.807, 2.05) is 23.2 Å². The van der Waals surface area contributed by atoms with Gasteiger partial charge in [-0.3, -0.25) is 15.0 Å². The van der Waals surface area contributed by atoms with E-state index in [4.69, 9.17) is 22.1 Å². The summed E-state index contributed by atoms with van der Waals surface area (Å²) in [6.07, 6.45) is 2.17. The summed E-state index contributed by atoms with van der Waals surface area (Å²) in [5, 5.41) is 0.176. The molecule has 2 aromatic carbocycles. The molecule has 0 spiro atoms. The highest BCUT2D eigenvalue weighted by molar-refractivity contribution is 6.32. The minimum Gasteiger partial charge on any atom is -0.453 e. The standard InChI is InChI=1S/C26H25ClFN5O3/c1-2-4-21(34)32-12-11-16(13-32)33-14-18(22-23(33)26(35)31-30-25(22)29)15-7-9-17(10-8-15)36-24-19(27)5-3-6-20(24)28/h3,5-10,14,16,22-23,25,30H,11-13,29H2,1H3,(H,31,35)/t16-,22?,23?,25?/m1/s1. The Morgan fingerprint density at radius 2 is 2.03 bits per heavy atom. The molecule has 5 rings (SSSR count). The van der Waals surface area contributed by atoms with E-state index in [0.29, 0.717) is 18.8 Å². The van der Waals surface area contributed by atoms with E-state index in [1.54, 1.807) is 30.0 Å². The Balaban J connectivity index is 1.42. The topological polar surface area (TPSA) is 99.9 Å². The fourth-order valence-electron chi connectivity index (χ4n) is 5.06. The van der Waals surface area contributed by atoms with E-state index in [0.717, 1.165) is 17.6 Å². The maximum absolute atomic E-state index is 14.1. The Morgan fingerprint density at radius 3 is 2.75 bits per heavy atom. The van der Waals surface area contributed by atoms with E-state index in [2.05, 4.69) is 22.7 Å². The molecule has 0 saturated carbocycles. The largest absolute Gasteiger partial charge is 0.453 e. The highest BCUT2D eigenvalue weighted by Crippen LogP contribution is 2.41. The molecule has 2 aromatic rings. The van der Waals surface area contributed by atoms with E-state index in [9.17, 15) is 14.0 Å². The number of hydrogen-bond acceptors (Lipinski definition) is 6. The molecule has 2 saturated heterocycles. The van der Waals surface area contributed by atoms with Crippen molar-refractivity contribution in [3.63, 3.8) is 0 Å². The number of amides is 2. The van der Waals surface area contributed by atoms with E-state index < -0.39 is 18.0 Å². The first-order chi connectivity index (χ1) is 17.4. The van der Waals surface area contributed by atoms with Gasteiger partial charge in [0.1, 0.15) is 11.8 Å². The highest BCUT2D eigenvalue weighted by Gasteiger charge is 2.49. The second-order valence-corrected chi connectivity index (χ2v) is 9.31. The van der Waals surface area contributed by atoms with Gasteiger partial charge in [-0.15, -0.1) is 0 Å². The van der Waals surface area contributed by atoms with Crippen LogP contribution in [-0.4, -0.2) is 53.0 Å². The first-order valence-electron chi connectivity index (χ1n) is 11.6. The van der Waals surface area contributed by atoms with Crippen molar-refractivity contribution >= 4 is 29.0 Å². The average molecular weight is 510 g/mol. The third-order valence-corrected chi connectivity index (χ3v) is 7.05. The third kappa shape index (κ3) is 4.39. The van der Waals surface area contributed by atoms with Crippen LogP contribution in [-0.2, 0) is 9.59 Å². The molecule has 3 aliphatic rings. The zero-order valence-corrected chi connectivity index (χ0v) is 20.3.